The minimum atomic E-state index is -0.705. The first-order valence-electron chi connectivity index (χ1n) is 13.2. The van der Waals surface area contributed by atoms with Gasteiger partial charge in [-0.15, -0.1) is 0 Å². The van der Waals surface area contributed by atoms with Gasteiger partial charge in [0.25, 0.3) is 5.91 Å². The Hall–Kier alpha value is -4.08. The first kappa shape index (κ1) is 26.5. The van der Waals surface area contributed by atoms with Gasteiger partial charge < -0.3 is 29.2 Å². The molecule has 1 aromatic heterocycles. The lowest BCUT2D eigenvalue weighted by Crippen LogP contribution is -2.47. The first-order chi connectivity index (χ1) is 18.9. The van der Waals surface area contributed by atoms with Gasteiger partial charge in [0.2, 0.25) is 5.91 Å². The fraction of sp³-hybridized carbons (Fsp3) is 0.448. The predicted octanol–water partition coefficient (Wildman–Crippen LogP) is 3.89. The molecule has 2 amide bonds. The number of pyridine rings is 1. The van der Waals surface area contributed by atoms with Crippen LogP contribution >= 0.6 is 0 Å². The van der Waals surface area contributed by atoms with Crippen LogP contribution in [0.4, 0.5) is 5.82 Å². The number of hydrogen-bond donors (Lipinski definition) is 1. The zero-order valence-corrected chi connectivity index (χ0v) is 22.5. The van der Waals surface area contributed by atoms with Crippen molar-refractivity contribution in [3.63, 3.8) is 0 Å². The van der Waals surface area contributed by atoms with Crippen LogP contribution in [0.3, 0.4) is 0 Å². The third kappa shape index (κ3) is 5.28. The van der Waals surface area contributed by atoms with Crippen LogP contribution in [0.1, 0.15) is 54.4 Å². The lowest BCUT2D eigenvalue weighted by molar-refractivity contribution is -0.135. The molecule has 0 spiro atoms. The fourth-order valence-corrected chi connectivity index (χ4v) is 5.70. The summed E-state index contributed by atoms with van der Waals surface area (Å²) in [6, 6.07) is 5.95. The van der Waals surface area contributed by atoms with Crippen LogP contribution in [0, 0.1) is 5.92 Å². The molecule has 1 aliphatic carbocycles. The molecule has 5 rings (SSSR count). The van der Waals surface area contributed by atoms with Gasteiger partial charge in [-0.25, -0.2) is 9.78 Å². The van der Waals surface area contributed by atoms with Gasteiger partial charge in [0.15, 0.2) is 17.3 Å². The summed E-state index contributed by atoms with van der Waals surface area (Å²) in [4.78, 5) is 45.0. The normalized spacial score (nSPS) is 17.6. The quantitative estimate of drug-likeness (QED) is 0.506. The van der Waals surface area contributed by atoms with E-state index in [1.807, 2.05) is 6.07 Å². The van der Waals surface area contributed by atoms with Crippen LogP contribution in [-0.2, 0) is 20.7 Å². The van der Waals surface area contributed by atoms with Crippen molar-refractivity contribution in [2.45, 2.75) is 51.0 Å². The highest BCUT2D eigenvalue weighted by molar-refractivity contribution is 6.02. The number of methoxy groups -OCH3 is 3. The highest BCUT2D eigenvalue weighted by Gasteiger charge is 2.43. The van der Waals surface area contributed by atoms with E-state index >= 15 is 0 Å². The summed E-state index contributed by atoms with van der Waals surface area (Å²) >= 11 is 0. The number of benzene rings is 1. The molecule has 2 aliphatic heterocycles. The molecule has 10 nitrogen and oxygen atoms in total. The fourth-order valence-electron chi connectivity index (χ4n) is 5.70. The highest BCUT2D eigenvalue weighted by Crippen LogP contribution is 2.45. The average molecular weight is 536 g/mol. The number of anilines is 1. The molecule has 206 valence electrons. The Labute approximate surface area is 227 Å². The molecule has 1 aromatic carbocycles. The minimum Gasteiger partial charge on any atom is -0.496 e. The molecule has 0 radical (unpaired) electrons. The van der Waals surface area contributed by atoms with Crippen molar-refractivity contribution in [1.82, 2.24) is 9.88 Å². The van der Waals surface area contributed by atoms with E-state index in [0.717, 1.165) is 36.8 Å². The zero-order chi connectivity index (χ0) is 27.5. The van der Waals surface area contributed by atoms with Gasteiger partial charge in [-0.2, -0.15) is 0 Å². The maximum absolute atomic E-state index is 13.7. The van der Waals surface area contributed by atoms with E-state index < -0.39 is 12.0 Å². The molecule has 1 atom stereocenters. The summed E-state index contributed by atoms with van der Waals surface area (Å²) < 4.78 is 21.9. The van der Waals surface area contributed by atoms with Crippen LogP contribution in [-0.4, -0.2) is 61.6 Å². The summed E-state index contributed by atoms with van der Waals surface area (Å²) in [5, 5.41) is 2.85. The summed E-state index contributed by atoms with van der Waals surface area (Å²) in [6.07, 6.45) is 7.86. The van der Waals surface area contributed by atoms with Crippen LogP contribution < -0.4 is 19.5 Å². The summed E-state index contributed by atoms with van der Waals surface area (Å²) in [5.74, 6) is 1.37. The Morgan fingerprint density at radius 1 is 1.08 bits per heavy atom. The number of nitrogens with zero attached hydrogens (tertiary/aromatic N) is 2. The second kappa shape index (κ2) is 11.3. The number of carbonyl (C=O) groups excluding carboxylic acids is 3. The van der Waals surface area contributed by atoms with Gasteiger partial charge in [-0.1, -0.05) is 32.1 Å². The number of aromatic nitrogens is 1. The van der Waals surface area contributed by atoms with Crippen LogP contribution in [0.15, 0.2) is 41.8 Å². The number of rotatable bonds is 8. The molecule has 3 heterocycles. The number of esters is 1. The third-order valence-corrected chi connectivity index (χ3v) is 7.75. The smallest absolute Gasteiger partial charge is 0.339 e. The van der Waals surface area contributed by atoms with Gasteiger partial charge in [0.05, 0.1) is 26.9 Å². The van der Waals surface area contributed by atoms with E-state index in [9.17, 15) is 14.4 Å². The van der Waals surface area contributed by atoms with Crippen molar-refractivity contribution in [3.05, 3.63) is 52.9 Å². The second-order valence-electron chi connectivity index (χ2n) is 10.1. The molecule has 0 bridgehead atoms. The lowest BCUT2D eigenvalue weighted by atomic mass is 9.84. The molecule has 1 saturated carbocycles. The second-order valence-corrected chi connectivity index (χ2v) is 10.1. The van der Waals surface area contributed by atoms with Gasteiger partial charge in [0.1, 0.15) is 17.6 Å². The van der Waals surface area contributed by atoms with E-state index in [4.69, 9.17) is 18.9 Å². The van der Waals surface area contributed by atoms with Crippen molar-refractivity contribution < 1.29 is 33.3 Å². The van der Waals surface area contributed by atoms with Gasteiger partial charge >= 0.3 is 5.97 Å². The number of fused-ring (bicyclic) bond motifs is 1. The Kier molecular flexibility index (Phi) is 7.72. The molecule has 0 unspecified atom stereocenters. The Bertz CT molecular complexity index is 1300. The molecule has 3 aliphatic rings. The average Bonchev–Trinajstić information content (AvgIpc) is 3.29. The van der Waals surface area contributed by atoms with Crippen molar-refractivity contribution in [2.75, 3.05) is 33.2 Å². The number of nitrogens with one attached hydrogen (secondary N) is 1. The molecular formula is C29H33N3O7. The molecular weight excluding hydrogens is 502 g/mol. The maximum atomic E-state index is 13.7. The Morgan fingerprint density at radius 3 is 2.49 bits per heavy atom. The van der Waals surface area contributed by atoms with E-state index in [0.29, 0.717) is 41.8 Å². The molecule has 39 heavy (non-hydrogen) atoms. The first-order valence-corrected chi connectivity index (χ1v) is 13.2. The zero-order valence-electron chi connectivity index (χ0n) is 22.5. The number of ether oxygens (including phenoxy) is 4. The maximum Gasteiger partial charge on any atom is 0.339 e. The van der Waals surface area contributed by atoms with Crippen LogP contribution in [0.5, 0.6) is 17.2 Å². The third-order valence-electron chi connectivity index (χ3n) is 7.75. The van der Waals surface area contributed by atoms with E-state index in [-0.39, 0.29) is 29.7 Å². The van der Waals surface area contributed by atoms with E-state index in [1.54, 1.807) is 31.3 Å². The molecule has 10 heteroatoms. The highest BCUT2D eigenvalue weighted by atomic mass is 16.5. The lowest BCUT2D eigenvalue weighted by Gasteiger charge is -2.31. The van der Waals surface area contributed by atoms with Crippen molar-refractivity contribution >= 4 is 23.6 Å². The monoisotopic (exact) mass is 535 g/mol. The minimum absolute atomic E-state index is 0.246. The van der Waals surface area contributed by atoms with Crippen molar-refractivity contribution in [2.24, 2.45) is 5.92 Å². The number of carbonyl (C=O) groups is 3. The van der Waals surface area contributed by atoms with Crippen molar-refractivity contribution in [3.8, 4) is 17.2 Å². The molecule has 0 saturated heterocycles. The SMILES string of the molecule is COC(=O)c1ccc(NC(=O)[C@H](CC2CCCCC2)N2CC3=C(Oc4c(OC)ccc(OC)c4C3)C2=O)nc1. The standard InChI is InChI=1S/C29H33N3O7/c1-36-22-10-11-23(37-2)26-20(22)14-19-16-32(28(34)25(19)39-26)21(13-17-7-5-4-6-8-17)27(33)31-24-12-9-18(15-30-24)29(35)38-3/h9-12,15,17,21H,4-8,13-14,16H2,1-3H3,(H,30,31,33)/t21-/m0/s1. The largest absolute Gasteiger partial charge is 0.496 e. The van der Waals surface area contributed by atoms with Crippen LogP contribution in [0.2, 0.25) is 0 Å². The van der Waals surface area contributed by atoms with E-state index in [1.165, 1.54) is 25.8 Å². The van der Waals surface area contributed by atoms with Crippen LogP contribution in [0.25, 0.3) is 0 Å². The molecule has 2 aromatic rings. The van der Waals surface area contributed by atoms with E-state index in [2.05, 4.69) is 10.3 Å². The predicted molar refractivity (Wildman–Crippen MR) is 142 cm³/mol. The Balaban J connectivity index is 1.39. The topological polar surface area (TPSA) is 116 Å². The van der Waals surface area contributed by atoms with Gasteiger partial charge in [0, 0.05) is 30.3 Å². The molecule has 1 N–H and O–H groups in total. The van der Waals surface area contributed by atoms with Gasteiger partial charge in [-0.05, 0) is 36.6 Å². The Morgan fingerprint density at radius 2 is 1.82 bits per heavy atom. The summed E-state index contributed by atoms with van der Waals surface area (Å²) in [5.41, 5.74) is 1.90. The van der Waals surface area contributed by atoms with Gasteiger partial charge in [-0.3, -0.25) is 9.59 Å². The van der Waals surface area contributed by atoms with Crippen molar-refractivity contribution in [1.29, 1.82) is 0 Å². The molecule has 1 fully saturated rings. The summed E-state index contributed by atoms with van der Waals surface area (Å²) in [6.45, 7) is 0.285. The number of amides is 2. The number of hydrogen-bond acceptors (Lipinski definition) is 8. The summed E-state index contributed by atoms with van der Waals surface area (Å²) in [7, 11) is 4.44.